The molecule has 0 aliphatic carbocycles. The zero-order chi connectivity index (χ0) is 23.3. The van der Waals surface area contributed by atoms with Crippen LogP contribution in [-0.2, 0) is 17.8 Å². The molecule has 5 rings (SSSR count). The number of aryl methyl sites for hydroxylation is 2. The van der Waals surface area contributed by atoms with Crippen molar-refractivity contribution in [2.45, 2.75) is 31.8 Å². The van der Waals surface area contributed by atoms with Crippen molar-refractivity contribution in [3.8, 4) is 11.3 Å². The number of aromatic nitrogens is 2. The van der Waals surface area contributed by atoms with E-state index in [9.17, 15) is 9.59 Å². The summed E-state index contributed by atoms with van der Waals surface area (Å²) in [6, 6.07) is 25.0. The van der Waals surface area contributed by atoms with Crippen molar-refractivity contribution in [3.63, 3.8) is 0 Å². The summed E-state index contributed by atoms with van der Waals surface area (Å²) in [5.74, 6) is 0.502. The van der Waals surface area contributed by atoms with Gasteiger partial charge in [0.1, 0.15) is 11.9 Å². The van der Waals surface area contributed by atoms with Crippen molar-refractivity contribution in [2.24, 2.45) is 0 Å². The molecular weight excluding hydrogens is 424 g/mol. The van der Waals surface area contributed by atoms with Gasteiger partial charge < -0.3 is 15.2 Å². The predicted molar refractivity (Wildman–Crippen MR) is 132 cm³/mol. The van der Waals surface area contributed by atoms with Gasteiger partial charge >= 0.3 is 0 Å². The number of fused-ring (bicyclic) bond motifs is 1. The minimum atomic E-state index is -0.836. The van der Waals surface area contributed by atoms with Crippen molar-refractivity contribution in [1.82, 2.24) is 14.9 Å². The smallest absolute Gasteiger partial charge is 0.252 e. The Bertz CT molecular complexity index is 1280. The van der Waals surface area contributed by atoms with Crippen LogP contribution < -0.4 is 10.6 Å². The SMILES string of the molecule is O=C(NC(C(=O)Nc1cccc(-c2cn3c(n2)CCCC3)c1)c1ccccc1)c1ccccc1. The van der Waals surface area contributed by atoms with Crippen molar-refractivity contribution in [2.75, 3.05) is 5.32 Å². The van der Waals surface area contributed by atoms with Crippen LogP contribution in [0.4, 0.5) is 5.69 Å². The van der Waals surface area contributed by atoms with Gasteiger partial charge in [-0.2, -0.15) is 0 Å². The number of hydrogen-bond acceptors (Lipinski definition) is 3. The van der Waals surface area contributed by atoms with E-state index in [0.29, 0.717) is 16.8 Å². The van der Waals surface area contributed by atoms with E-state index in [4.69, 9.17) is 4.98 Å². The average Bonchev–Trinajstić information content (AvgIpc) is 3.33. The maximum atomic E-state index is 13.3. The normalized spacial score (nSPS) is 13.5. The first kappa shape index (κ1) is 21.6. The summed E-state index contributed by atoms with van der Waals surface area (Å²) in [7, 11) is 0. The number of amides is 2. The molecule has 4 aromatic rings. The Labute approximate surface area is 198 Å². The molecule has 2 N–H and O–H groups in total. The molecule has 6 nitrogen and oxygen atoms in total. The van der Waals surface area contributed by atoms with Crippen LogP contribution in [0.5, 0.6) is 0 Å². The number of anilines is 1. The summed E-state index contributed by atoms with van der Waals surface area (Å²) >= 11 is 0. The third kappa shape index (κ3) is 4.76. The lowest BCUT2D eigenvalue weighted by Gasteiger charge is -2.19. The zero-order valence-corrected chi connectivity index (χ0v) is 18.8. The summed E-state index contributed by atoms with van der Waals surface area (Å²) in [5, 5.41) is 5.86. The Balaban J connectivity index is 1.37. The number of nitrogens with one attached hydrogen (secondary N) is 2. The Kier molecular flexibility index (Phi) is 6.21. The van der Waals surface area contributed by atoms with E-state index in [1.807, 2.05) is 60.7 Å². The van der Waals surface area contributed by atoms with Crippen LogP contribution >= 0.6 is 0 Å². The molecule has 0 spiro atoms. The monoisotopic (exact) mass is 450 g/mol. The minimum Gasteiger partial charge on any atom is -0.336 e. The van der Waals surface area contributed by atoms with Gasteiger partial charge in [-0.25, -0.2) is 4.98 Å². The van der Waals surface area contributed by atoms with Crippen LogP contribution in [0.3, 0.4) is 0 Å². The van der Waals surface area contributed by atoms with Gasteiger partial charge in [0.05, 0.1) is 5.69 Å². The highest BCUT2D eigenvalue weighted by molar-refractivity contribution is 6.01. The molecule has 2 heterocycles. The number of benzene rings is 3. The number of carbonyl (C=O) groups is 2. The maximum absolute atomic E-state index is 13.3. The van der Waals surface area contributed by atoms with Gasteiger partial charge in [0.25, 0.3) is 11.8 Å². The first-order valence-corrected chi connectivity index (χ1v) is 11.6. The lowest BCUT2D eigenvalue weighted by atomic mass is 10.0. The van der Waals surface area contributed by atoms with Crippen molar-refractivity contribution < 1.29 is 9.59 Å². The number of carbonyl (C=O) groups excluding carboxylic acids is 2. The zero-order valence-electron chi connectivity index (χ0n) is 18.8. The molecule has 34 heavy (non-hydrogen) atoms. The van der Waals surface area contributed by atoms with Crippen LogP contribution in [0.2, 0.25) is 0 Å². The first-order valence-electron chi connectivity index (χ1n) is 11.6. The van der Waals surface area contributed by atoms with Gasteiger partial charge in [-0.15, -0.1) is 0 Å². The van der Waals surface area contributed by atoms with E-state index in [-0.39, 0.29) is 11.8 Å². The fourth-order valence-electron chi connectivity index (χ4n) is 4.27. The molecule has 0 bridgehead atoms. The van der Waals surface area contributed by atoms with E-state index in [2.05, 4.69) is 21.4 Å². The molecule has 0 saturated heterocycles. The predicted octanol–water partition coefficient (Wildman–Crippen LogP) is 5.00. The van der Waals surface area contributed by atoms with Crippen LogP contribution in [-0.4, -0.2) is 21.4 Å². The van der Waals surface area contributed by atoms with Crippen molar-refractivity contribution in [1.29, 1.82) is 0 Å². The lowest BCUT2D eigenvalue weighted by molar-refractivity contribution is -0.118. The molecule has 1 aliphatic rings. The Morgan fingerprint density at radius 2 is 1.65 bits per heavy atom. The van der Waals surface area contributed by atoms with E-state index in [0.717, 1.165) is 30.0 Å². The molecular formula is C28H26N4O2. The van der Waals surface area contributed by atoms with E-state index >= 15 is 0 Å². The van der Waals surface area contributed by atoms with Gasteiger partial charge in [0, 0.05) is 36.0 Å². The van der Waals surface area contributed by atoms with Gasteiger partial charge in [-0.05, 0) is 42.7 Å². The molecule has 0 radical (unpaired) electrons. The molecule has 0 saturated carbocycles. The number of nitrogens with zero attached hydrogens (tertiary/aromatic N) is 2. The van der Waals surface area contributed by atoms with Crippen molar-refractivity contribution >= 4 is 17.5 Å². The number of rotatable bonds is 6. The Hall–Kier alpha value is -4.19. The van der Waals surface area contributed by atoms with Gasteiger partial charge in [-0.3, -0.25) is 9.59 Å². The van der Waals surface area contributed by atoms with Crippen LogP contribution in [0.25, 0.3) is 11.3 Å². The molecule has 2 amide bonds. The molecule has 0 fully saturated rings. The fraction of sp³-hybridized carbons (Fsp3) is 0.179. The minimum absolute atomic E-state index is 0.304. The van der Waals surface area contributed by atoms with Crippen LogP contribution in [0.1, 0.15) is 40.6 Å². The van der Waals surface area contributed by atoms with Crippen LogP contribution in [0.15, 0.2) is 91.1 Å². The van der Waals surface area contributed by atoms with Gasteiger partial charge in [0.2, 0.25) is 0 Å². The summed E-state index contributed by atoms with van der Waals surface area (Å²) in [6.07, 6.45) is 5.43. The highest BCUT2D eigenvalue weighted by Crippen LogP contribution is 2.25. The van der Waals surface area contributed by atoms with E-state index in [1.165, 1.54) is 12.8 Å². The Morgan fingerprint density at radius 3 is 2.41 bits per heavy atom. The van der Waals surface area contributed by atoms with Gasteiger partial charge in [-0.1, -0.05) is 60.7 Å². The second kappa shape index (κ2) is 9.75. The lowest BCUT2D eigenvalue weighted by Crippen LogP contribution is -2.37. The maximum Gasteiger partial charge on any atom is 0.252 e. The summed E-state index contributed by atoms with van der Waals surface area (Å²) in [4.78, 5) is 31.0. The fourth-order valence-corrected chi connectivity index (χ4v) is 4.27. The second-order valence-electron chi connectivity index (χ2n) is 8.45. The molecule has 1 atom stereocenters. The molecule has 6 heteroatoms. The Morgan fingerprint density at radius 1 is 0.882 bits per heavy atom. The third-order valence-corrected chi connectivity index (χ3v) is 6.04. The molecule has 3 aromatic carbocycles. The largest absolute Gasteiger partial charge is 0.336 e. The molecule has 1 aromatic heterocycles. The van der Waals surface area contributed by atoms with Crippen molar-refractivity contribution in [3.05, 3.63) is 108 Å². The molecule has 1 unspecified atom stereocenters. The van der Waals surface area contributed by atoms with Crippen LogP contribution in [0, 0.1) is 0 Å². The first-order chi connectivity index (χ1) is 16.7. The van der Waals surface area contributed by atoms with E-state index < -0.39 is 6.04 Å². The summed E-state index contributed by atoms with van der Waals surface area (Å²) in [5.41, 5.74) is 3.72. The quantitative estimate of drug-likeness (QED) is 0.434. The number of hydrogen-bond donors (Lipinski definition) is 2. The highest BCUT2D eigenvalue weighted by Gasteiger charge is 2.23. The number of imidazole rings is 1. The molecule has 170 valence electrons. The standard InChI is InChI=1S/C28H26N4O2/c33-27(21-12-5-2-6-13-21)31-26(20-10-3-1-4-11-20)28(34)29-23-15-9-14-22(18-23)24-19-32-17-8-7-16-25(32)30-24/h1-6,9-15,18-19,26H,7-8,16-17H2,(H,29,34)(H,31,33). The summed E-state index contributed by atoms with van der Waals surface area (Å²) in [6.45, 7) is 0.999. The second-order valence-corrected chi connectivity index (χ2v) is 8.45. The van der Waals surface area contributed by atoms with Gasteiger partial charge in [0.15, 0.2) is 0 Å². The summed E-state index contributed by atoms with van der Waals surface area (Å²) < 4.78 is 2.22. The third-order valence-electron chi connectivity index (χ3n) is 6.04. The topological polar surface area (TPSA) is 76.0 Å². The highest BCUT2D eigenvalue weighted by atomic mass is 16.2. The average molecular weight is 451 g/mol. The van der Waals surface area contributed by atoms with E-state index in [1.54, 1.807) is 24.3 Å². The molecule has 1 aliphatic heterocycles.